The third kappa shape index (κ3) is 2.07. The van der Waals surface area contributed by atoms with Crippen molar-refractivity contribution in [1.29, 1.82) is 0 Å². The summed E-state index contributed by atoms with van der Waals surface area (Å²) >= 11 is 1.67. The van der Waals surface area contributed by atoms with Crippen LogP contribution in [0.1, 0.15) is 28.4 Å². The second kappa shape index (κ2) is 4.74. The van der Waals surface area contributed by atoms with Crippen molar-refractivity contribution in [3.8, 4) is 16.9 Å². The summed E-state index contributed by atoms with van der Waals surface area (Å²) in [5.74, 6) is 0.970. The van der Waals surface area contributed by atoms with Gasteiger partial charge in [0.1, 0.15) is 5.75 Å². The van der Waals surface area contributed by atoms with Gasteiger partial charge >= 0.3 is 0 Å². The molecule has 0 saturated carbocycles. The van der Waals surface area contributed by atoms with E-state index >= 15 is 0 Å². The van der Waals surface area contributed by atoms with Crippen molar-refractivity contribution in [2.24, 2.45) is 0 Å². The smallest absolute Gasteiger partial charge is 0.151 e. The second-order valence-electron chi connectivity index (χ2n) is 5.52. The van der Waals surface area contributed by atoms with Crippen LogP contribution in [0.2, 0.25) is 0 Å². The highest BCUT2D eigenvalue weighted by atomic mass is 32.1. The summed E-state index contributed by atoms with van der Waals surface area (Å²) in [6.45, 7) is 4.38. The fraction of sp³-hybridized carbons (Fsp3) is 0.158. The Balaban J connectivity index is 1.78. The topological polar surface area (TPSA) is 9.23 Å². The molecule has 1 atom stereocenters. The molecular weight excluding hydrogens is 276 g/mol. The third-order valence-corrected chi connectivity index (χ3v) is 4.87. The molecule has 1 unspecified atom stereocenters. The van der Waals surface area contributed by atoms with Crippen LogP contribution in [0, 0.1) is 13.8 Å². The highest BCUT2D eigenvalue weighted by Gasteiger charge is 2.40. The first-order valence-corrected chi connectivity index (χ1v) is 8.08. The molecule has 104 valence electrons. The van der Waals surface area contributed by atoms with Gasteiger partial charge < -0.3 is 4.74 Å². The molecule has 4 rings (SSSR count). The van der Waals surface area contributed by atoms with E-state index < -0.39 is 0 Å². The summed E-state index contributed by atoms with van der Waals surface area (Å²) in [5, 5.41) is 4.11. The lowest BCUT2D eigenvalue weighted by molar-refractivity contribution is 0.293. The molecular formula is C19H16OS. The lowest BCUT2D eigenvalue weighted by Crippen LogP contribution is -1.89. The van der Waals surface area contributed by atoms with E-state index in [-0.39, 0.29) is 6.10 Å². The van der Waals surface area contributed by atoms with E-state index in [1.807, 2.05) is 6.07 Å². The maximum absolute atomic E-state index is 6.14. The van der Waals surface area contributed by atoms with Crippen molar-refractivity contribution >= 4 is 11.3 Å². The molecule has 1 aliphatic carbocycles. The van der Waals surface area contributed by atoms with Crippen LogP contribution in [0.3, 0.4) is 0 Å². The van der Waals surface area contributed by atoms with Gasteiger partial charge in [0, 0.05) is 16.5 Å². The van der Waals surface area contributed by atoms with Crippen molar-refractivity contribution in [2.45, 2.75) is 20.0 Å². The molecule has 0 radical (unpaired) electrons. The van der Waals surface area contributed by atoms with E-state index in [2.05, 4.69) is 61.0 Å². The SMILES string of the molecule is Cc1cc(-c2ccccc2)c2c(c1C)C2Oc1ccsc1. The van der Waals surface area contributed by atoms with Crippen molar-refractivity contribution in [3.63, 3.8) is 0 Å². The molecule has 0 saturated heterocycles. The average Bonchev–Trinajstić information content (AvgIpc) is 2.96. The van der Waals surface area contributed by atoms with Gasteiger partial charge in [-0.05, 0) is 47.5 Å². The highest BCUT2D eigenvalue weighted by molar-refractivity contribution is 7.08. The first-order chi connectivity index (χ1) is 10.3. The molecule has 21 heavy (non-hydrogen) atoms. The van der Waals surface area contributed by atoms with Crippen molar-refractivity contribution in [2.75, 3.05) is 0 Å². The van der Waals surface area contributed by atoms with Gasteiger partial charge in [-0.1, -0.05) is 36.4 Å². The Morgan fingerprint density at radius 3 is 2.52 bits per heavy atom. The number of benzene rings is 2. The number of thiophene rings is 1. The molecule has 2 heteroatoms. The first kappa shape index (κ1) is 12.7. The summed E-state index contributed by atoms with van der Waals surface area (Å²) in [5.41, 5.74) is 8.02. The summed E-state index contributed by atoms with van der Waals surface area (Å²) in [4.78, 5) is 0. The van der Waals surface area contributed by atoms with Crippen LogP contribution in [0.25, 0.3) is 11.1 Å². The molecule has 0 fully saturated rings. The van der Waals surface area contributed by atoms with E-state index in [1.165, 1.54) is 33.4 Å². The molecule has 0 spiro atoms. The molecule has 0 bridgehead atoms. The Bertz CT molecular complexity index is 788. The minimum absolute atomic E-state index is 0.128. The van der Waals surface area contributed by atoms with Crippen molar-refractivity contribution < 1.29 is 4.74 Å². The zero-order valence-corrected chi connectivity index (χ0v) is 12.9. The second-order valence-corrected chi connectivity index (χ2v) is 6.30. The molecule has 1 aliphatic rings. The van der Waals surface area contributed by atoms with Crippen LogP contribution < -0.4 is 4.74 Å². The lowest BCUT2D eigenvalue weighted by atomic mass is 10.0. The van der Waals surface area contributed by atoms with Crippen LogP contribution in [-0.2, 0) is 0 Å². The largest absolute Gasteiger partial charge is 0.480 e. The fourth-order valence-corrected chi connectivity index (χ4v) is 3.49. The minimum Gasteiger partial charge on any atom is -0.480 e. The number of hydrogen-bond acceptors (Lipinski definition) is 2. The zero-order valence-electron chi connectivity index (χ0n) is 12.1. The van der Waals surface area contributed by atoms with Gasteiger partial charge in [-0.15, -0.1) is 11.3 Å². The number of rotatable bonds is 3. The van der Waals surface area contributed by atoms with Gasteiger partial charge in [-0.25, -0.2) is 0 Å². The predicted molar refractivity (Wildman–Crippen MR) is 88.1 cm³/mol. The molecule has 3 aromatic rings. The van der Waals surface area contributed by atoms with Crippen molar-refractivity contribution in [1.82, 2.24) is 0 Å². The third-order valence-electron chi connectivity index (χ3n) is 4.21. The Morgan fingerprint density at radius 1 is 1.00 bits per heavy atom. The highest BCUT2D eigenvalue weighted by Crippen LogP contribution is 2.52. The monoisotopic (exact) mass is 292 g/mol. The summed E-state index contributed by atoms with van der Waals surface area (Å²) in [6.07, 6.45) is 0.128. The molecule has 1 aromatic heterocycles. The number of ether oxygens (including phenoxy) is 1. The number of fused-ring (bicyclic) bond motifs is 1. The van der Waals surface area contributed by atoms with E-state index in [0.29, 0.717) is 0 Å². The average molecular weight is 292 g/mol. The van der Waals surface area contributed by atoms with Crippen LogP contribution in [0.15, 0.2) is 53.2 Å². The molecule has 0 amide bonds. The van der Waals surface area contributed by atoms with Crippen LogP contribution in [0.5, 0.6) is 5.75 Å². The van der Waals surface area contributed by atoms with Crippen molar-refractivity contribution in [3.05, 3.63) is 75.5 Å². The van der Waals surface area contributed by atoms with Gasteiger partial charge in [0.05, 0.1) is 0 Å². The summed E-state index contributed by atoms with van der Waals surface area (Å²) < 4.78 is 6.14. The van der Waals surface area contributed by atoms with Gasteiger partial charge in [-0.2, -0.15) is 0 Å². The Kier molecular flexibility index (Phi) is 2.86. The predicted octanol–water partition coefficient (Wildman–Crippen LogP) is 5.51. The summed E-state index contributed by atoms with van der Waals surface area (Å²) in [6, 6.07) is 14.9. The quantitative estimate of drug-likeness (QED) is 0.618. The van der Waals surface area contributed by atoms with Crippen LogP contribution in [-0.4, -0.2) is 0 Å². The van der Waals surface area contributed by atoms with E-state index in [9.17, 15) is 0 Å². The number of hydrogen-bond donors (Lipinski definition) is 0. The van der Waals surface area contributed by atoms with E-state index in [4.69, 9.17) is 4.74 Å². The van der Waals surface area contributed by atoms with Gasteiger partial charge in [0.2, 0.25) is 0 Å². The molecule has 0 aliphatic heterocycles. The lowest BCUT2D eigenvalue weighted by Gasteiger charge is -2.04. The molecule has 2 aromatic carbocycles. The molecule has 1 nitrogen and oxygen atoms in total. The number of aryl methyl sites for hydroxylation is 1. The standard InChI is InChI=1S/C19H16OS/c1-12-10-16(14-6-4-3-5-7-14)18-17(13(12)2)19(18)20-15-8-9-21-11-15/h3-11,19H,1-2H3. The first-order valence-electron chi connectivity index (χ1n) is 7.14. The summed E-state index contributed by atoms with van der Waals surface area (Å²) in [7, 11) is 0. The van der Waals surface area contributed by atoms with Gasteiger partial charge in [0.25, 0.3) is 0 Å². The Labute approximate surface area is 128 Å². The van der Waals surface area contributed by atoms with E-state index in [0.717, 1.165) is 5.75 Å². The van der Waals surface area contributed by atoms with E-state index in [1.54, 1.807) is 11.3 Å². The zero-order chi connectivity index (χ0) is 14.4. The van der Waals surface area contributed by atoms with Crippen LogP contribution >= 0.6 is 11.3 Å². The Hall–Kier alpha value is -2.06. The maximum Gasteiger partial charge on any atom is 0.151 e. The van der Waals surface area contributed by atoms with Crippen LogP contribution in [0.4, 0.5) is 0 Å². The Morgan fingerprint density at radius 2 is 1.81 bits per heavy atom. The normalized spacial score (nSPS) is 15.6. The minimum atomic E-state index is 0.128. The maximum atomic E-state index is 6.14. The van der Waals surface area contributed by atoms with Gasteiger partial charge in [0.15, 0.2) is 6.10 Å². The molecule has 1 heterocycles. The molecule has 0 N–H and O–H groups in total. The fourth-order valence-electron chi connectivity index (χ4n) is 2.93. The van der Waals surface area contributed by atoms with Gasteiger partial charge in [-0.3, -0.25) is 0 Å².